The van der Waals surface area contributed by atoms with Crippen LogP contribution in [0.1, 0.15) is 19.8 Å². The van der Waals surface area contributed by atoms with Crippen LogP contribution in [-0.4, -0.2) is 13.0 Å². The van der Waals surface area contributed by atoms with Crippen LogP contribution in [0.3, 0.4) is 0 Å². The third-order valence-electron chi connectivity index (χ3n) is 1.42. The van der Waals surface area contributed by atoms with E-state index in [9.17, 15) is 8.78 Å². The van der Waals surface area contributed by atoms with Crippen molar-refractivity contribution in [2.75, 3.05) is 6.54 Å². The Balaban J connectivity index is 3.31. The summed E-state index contributed by atoms with van der Waals surface area (Å²) in [7, 11) is 0. The molecule has 1 atom stereocenters. The number of rotatable bonds is 4. The average molecular weight is 137 g/mol. The molecule has 0 radical (unpaired) electrons. The second-order valence-corrected chi connectivity index (χ2v) is 2.14. The van der Waals surface area contributed by atoms with E-state index in [0.717, 1.165) is 6.42 Å². The zero-order chi connectivity index (χ0) is 7.28. The van der Waals surface area contributed by atoms with Crippen LogP contribution in [-0.2, 0) is 0 Å². The first-order valence-corrected chi connectivity index (χ1v) is 3.18. The molecule has 0 spiro atoms. The lowest BCUT2D eigenvalue weighted by atomic mass is 10.0. The molecule has 2 N–H and O–H groups in total. The third-order valence-corrected chi connectivity index (χ3v) is 1.42. The van der Waals surface area contributed by atoms with Gasteiger partial charge in [0.05, 0.1) is 0 Å². The first-order chi connectivity index (χ1) is 4.20. The topological polar surface area (TPSA) is 26.0 Å². The van der Waals surface area contributed by atoms with E-state index in [1.165, 1.54) is 0 Å². The first-order valence-electron chi connectivity index (χ1n) is 3.18. The van der Waals surface area contributed by atoms with Gasteiger partial charge in [0.15, 0.2) is 0 Å². The van der Waals surface area contributed by atoms with Crippen molar-refractivity contribution in [1.29, 1.82) is 0 Å². The summed E-state index contributed by atoms with van der Waals surface area (Å²) in [5, 5.41) is 0. The van der Waals surface area contributed by atoms with E-state index in [1.54, 1.807) is 0 Å². The molecule has 0 aromatic heterocycles. The predicted octanol–water partition coefficient (Wildman–Crippen LogP) is 1.63. The van der Waals surface area contributed by atoms with Gasteiger partial charge in [0.25, 0.3) is 0 Å². The largest absolute Gasteiger partial charge is 0.330 e. The highest BCUT2D eigenvalue weighted by Gasteiger charge is 2.10. The zero-order valence-corrected chi connectivity index (χ0v) is 5.61. The molecule has 0 saturated heterocycles. The summed E-state index contributed by atoms with van der Waals surface area (Å²) in [4.78, 5) is 0. The Kier molecular flexibility index (Phi) is 4.58. The van der Waals surface area contributed by atoms with Gasteiger partial charge in [-0.1, -0.05) is 13.3 Å². The summed E-state index contributed by atoms with van der Waals surface area (Å²) in [6, 6.07) is 0. The second kappa shape index (κ2) is 4.68. The minimum absolute atomic E-state index is 0.00463. The zero-order valence-electron chi connectivity index (χ0n) is 5.61. The van der Waals surface area contributed by atoms with Gasteiger partial charge in [-0.05, 0) is 12.5 Å². The fourth-order valence-corrected chi connectivity index (χ4v) is 0.682. The molecular weight excluding hydrogens is 124 g/mol. The fraction of sp³-hybridized carbons (Fsp3) is 1.00. The summed E-state index contributed by atoms with van der Waals surface area (Å²) in [6.45, 7) is 2.25. The molecule has 0 bridgehead atoms. The quantitative estimate of drug-likeness (QED) is 0.626. The molecule has 0 heterocycles. The van der Waals surface area contributed by atoms with Gasteiger partial charge in [-0.15, -0.1) is 0 Å². The molecule has 1 nitrogen and oxygen atoms in total. The molecule has 56 valence electrons. The monoisotopic (exact) mass is 137 g/mol. The van der Waals surface area contributed by atoms with Gasteiger partial charge in [0.2, 0.25) is 6.43 Å². The Morgan fingerprint density at radius 2 is 2.00 bits per heavy atom. The van der Waals surface area contributed by atoms with Crippen molar-refractivity contribution in [2.45, 2.75) is 26.2 Å². The van der Waals surface area contributed by atoms with Crippen LogP contribution in [0.25, 0.3) is 0 Å². The normalized spacial score (nSPS) is 14.3. The third kappa shape index (κ3) is 4.33. The summed E-state index contributed by atoms with van der Waals surface area (Å²) in [5.41, 5.74) is 5.20. The second-order valence-electron chi connectivity index (χ2n) is 2.14. The maximum absolute atomic E-state index is 11.6. The van der Waals surface area contributed by atoms with Crippen LogP contribution >= 0.6 is 0 Å². The van der Waals surface area contributed by atoms with Crippen molar-refractivity contribution in [3.8, 4) is 0 Å². The lowest BCUT2D eigenvalue weighted by Crippen LogP contribution is -2.16. The van der Waals surface area contributed by atoms with E-state index in [1.807, 2.05) is 6.92 Å². The van der Waals surface area contributed by atoms with Crippen molar-refractivity contribution in [3.63, 3.8) is 0 Å². The Morgan fingerprint density at radius 1 is 1.44 bits per heavy atom. The average Bonchev–Trinajstić information content (AvgIpc) is 1.82. The van der Waals surface area contributed by atoms with E-state index in [-0.39, 0.29) is 12.3 Å². The molecule has 9 heavy (non-hydrogen) atoms. The maximum Gasteiger partial charge on any atom is 0.238 e. The van der Waals surface area contributed by atoms with E-state index in [4.69, 9.17) is 5.73 Å². The first kappa shape index (κ1) is 8.82. The molecule has 0 aliphatic heterocycles. The van der Waals surface area contributed by atoms with E-state index in [2.05, 4.69) is 0 Å². The molecule has 0 amide bonds. The van der Waals surface area contributed by atoms with Crippen molar-refractivity contribution in [2.24, 2.45) is 11.7 Å². The van der Waals surface area contributed by atoms with Crippen LogP contribution in [0.5, 0.6) is 0 Å². The number of halogens is 2. The summed E-state index contributed by atoms with van der Waals surface area (Å²) < 4.78 is 23.2. The maximum atomic E-state index is 11.6. The van der Waals surface area contributed by atoms with Gasteiger partial charge in [0, 0.05) is 6.42 Å². The Hall–Kier alpha value is -0.180. The Morgan fingerprint density at radius 3 is 2.11 bits per heavy atom. The van der Waals surface area contributed by atoms with Crippen molar-refractivity contribution in [3.05, 3.63) is 0 Å². The van der Waals surface area contributed by atoms with E-state index < -0.39 is 6.43 Å². The highest BCUT2D eigenvalue weighted by molar-refractivity contribution is 4.57. The van der Waals surface area contributed by atoms with Crippen molar-refractivity contribution < 1.29 is 8.78 Å². The molecule has 0 unspecified atom stereocenters. The number of hydrogen-bond donors (Lipinski definition) is 1. The molecule has 3 heteroatoms. The molecule has 0 saturated carbocycles. The van der Waals surface area contributed by atoms with Gasteiger partial charge in [0.1, 0.15) is 0 Å². The Labute approximate surface area is 54.2 Å². The highest BCUT2D eigenvalue weighted by Crippen LogP contribution is 2.11. The highest BCUT2D eigenvalue weighted by atomic mass is 19.3. The minimum atomic E-state index is -2.20. The molecule has 0 rings (SSSR count). The van der Waals surface area contributed by atoms with Gasteiger partial charge in [-0.3, -0.25) is 0 Å². The van der Waals surface area contributed by atoms with Gasteiger partial charge in [-0.2, -0.15) is 0 Å². The molecule has 0 aliphatic carbocycles. The standard InChI is InChI=1S/C6H13F2N/c1-2-5(4-9)3-6(7)8/h5-6H,2-4,9H2,1H3/t5-/m0/s1. The molecule has 0 fully saturated rings. The van der Waals surface area contributed by atoms with Gasteiger partial charge in [-0.25, -0.2) is 8.78 Å². The fourth-order valence-electron chi connectivity index (χ4n) is 0.682. The Bertz CT molecular complexity index is 62.1. The molecule has 0 aliphatic rings. The SMILES string of the molecule is CC[C@H](CN)CC(F)F. The number of alkyl halides is 2. The molecule has 0 aromatic carbocycles. The summed E-state index contributed by atoms with van der Waals surface area (Å²) in [5.74, 6) is 0.00463. The number of nitrogens with two attached hydrogens (primary N) is 1. The summed E-state index contributed by atoms with van der Waals surface area (Å²) >= 11 is 0. The van der Waals surface area contributed by atoms with Gasteiger partial charge < -0.3 is 5.73 Å². The van der Waals surface area contributed by atoms with Crippen molar-refractivity contribution >= 4 is 0 Å². The van der Waals surface area contributed by atoms with Crippen LogP contribution in [0.15, 0.2) is 0 Å². The van der Waals surface area contributed by atoms with Crippen LogP contribution in [0.4, 0.5) is 8.78 Å². The lowest BCUT2D eigenvalue weighted by molar-refractivity contribution is 0.115. The molecular formula is C6H13F2N. The van der Waals surface area contributed by atoms with Crippen LogP contribution < -0.4 is 5.73 Å². The molecule has 0 aromatic rings. The van der Waals surface area contributed by atoms with E-state index in [0.29, 0.717) is 6.54 Å². The van der Waals surface area contributed by atoms with Crippen molar-refractivity contribution in [1.82, 2.24) is 0 Å². The smallest absolute Gasteiger partial charge is 0.238 e. The van der Waals surface area contributed by atoms with Crippen LogP contribution in [0, 0.1) is 5.92 Å². The summed E-state index contributed by atoms with van der Waals surface area (Å²) in [6.07, 6.45) is -1.49. The number of hydrogen-bond acceptors (Lipinski definition) is 1. The predicted molar refractivity (Wildman–Crippen MR) is 33.5 cm³/mol. The lowest BCUT2D eigenvalue weighted by Gasteiger charge is -2.09. The van der Waals surface area contributed by atoms with Crippen LogP contribution in [0.2, 0.25) is 0 Å². The van der Waals surface area contributed by atoms with Gasteiger partial charge >= 0.3 is 0 Å². The van der Waals surface area contributed by atoms with E-state index >= 15 is 0 Å². The minimum Gasteiger partial charge on any atom is -0.330 e.